The Morgan fingerprint density at radius 1 is 1.33 bits per heavy atom. The molecule has 0 aliphatic heterocycles. The number of sulfonamides is 1. The molecule has 0 aliphatic carbocycles. The zero-order valence-corrected chi connectivity index (χ0v) is 11.8. The van der Waals surface area contributed by atoms with Gasteiger partial charge >= 0.3 is 5.97 Å². The predicted octanol–water partition coefficient (Wildman–Crippen LogP) is 1.72. The highest BCUT2D eigenvalue weighted by Gasteiger charge is 2.22. The topological polar surface area (TPSA) is 117 Å². The highest BCUT2D eigenvalue weighted by atomic mass is 32.2. The number of aromatic carboxylic acids is 1. The van der Waals surface area contributed by atoms with Crippen molar-refractivity contribution < 1.29 is 27.8 Å². The van der Waals surface area contributed by atoms with Gasteiger partial charge in [0.25, 0.3) is 0 Å². The van der Waals surface area contributed by atoms with Gasteiger partial charge in [0.2, 0.25) is 10.0 Å². The molecular weight excluding hydrogens is 298 g/mol. The summed E-state index contributed by atoms with van der Waals surface area (Å²) in [6.07, 6.45) is 1.42. The highest BCUT2D eigenvalue weighted by Crippen LogP contribution is 2.23. The molecule has 1 aromatic heterocycles. The summed E-state index contributed by atoms with van der Waals surface area (Å²) in [6.45, 7) is 1.59. The normalized spacial score (nSPS) is 13.0. The van der Waals surface area contributed by atoms with E-state index < -0.39 is 33.3 Å². The molecule has 0 saturated heterocycles. The first-order valence-corrected chi connectivity index (χ1v) is 7.41. The van der Waals surface area contributed by atoms with Gasteiger partial charge < -0.3 is 14.6 Å². The number of nitrogens with one attached hydrogen (secondary N) is 1. The van der Waals surface area contributed by atoms with Gasteiger partial charge in [0, 0.05) is 0 Å². The molecule has 1 heterocycles. The van der Waals surface area contributed by atoms with Gasteiger partial charge in [-0.25, -0.2) is 17.9 Å². The lowest BCUT2D eigenvalue weighted by atomic mass is 10.2. The Hall–Kier alpha value is -2.32. The van der Waals surface area contributed by atoms with E-state index in [0.29, 0.717) is 5.76 Å². The molecule has 0 saturated carbocycles. The van der Waals surface area contributed by atoms with Gasteiger partial charge in [-0.05, 0) is 37.3 Å². The van der Waals surface area contributed by atoms with Crippen LogP contribution in [0.2, 0.25) is 0 Å². The lowest BCUT2D eigenvalue weighted by Gasteiger charge is -2.12. The predicted molar refractivity (Wildman–Crippen MR) is 72.5 cm³/mol. The molecule has 0 fully saturated rings. The number of phenols is 1. The monoisotopic (exact) mass is 311 g/mol. The molecular formula is C13H13NO6S. The van der Waals surface area contributed by atoms with E-state index in [1.54, 1.807) is 19.1 Å². The van der Waals surface area contributed by atoms with E-state index in [9.17, 15) is 18.3 Å². The third-order valence-corrected chi connectivity index (χ3v) is 4.35. The smallest absolute Gasteiger partial charge is 0.339 e. The van der Waals surface area contributed by atoms with Crippen LogP contribution in [0.4, 0.5) is 0 Å². The Morgan fingerprint density at radius 2 is 2.05 bits per heavy atom. The molecule has 0 bridgehead atoms. The Kier molecular flexibility index (Phi) is 4.01. The highest BCUT2D eigenvalue weighted by molar-refractivity contribution is 7.89. The second kappa shape index (κ2) is 5.58. The molecule has 0 amide bonds. The molecule has 0 spiro atoms. The number of hydrogen-bond donors (Lipinski definition) is 3. The Bertz CT molecular complexity index is 751. The van der Waals surface area contributed by atoms with Gasteiger partial charge in [-0.2, -0.15) is 0 Å². The standard InChI is InChI=1S/C13H13NO6S/c1-8(12-3-2-6-20-12)14-21(18,19)9-4-5-11(15)10(7-9)13(16)17/h2-8,14-15H,1H3,(H,16,17)/t8-/m1/s1. The Labute approximate surface area is 120 Å². The number of rotatable bonds is 5. The minimum absolute atomic E-state index is 0.254. The van der Waals surface area contributed by atoms with Gasteiger partial charge in [-0.3, -0.25) is 0 Å². The minimum atomic E-state index is -3.94. The molecule has 0 radical (unpaired) electrons. The molecule has 1 aromatic carbocycles. The summed E-state index contributed by atoms with van der Waals surface area (Å²) >= 11 is 0. The quantitative estimate of drug-likeness (QED) is 0.774. The maximum atomic E-state index is 12.2. The third kappa shape index (κ3) is 3.23. The van der Waals surface area contributed by atoms with Crippen molar-refractivity contribution in [2.24, 2.45) is 0 Å². The van der Waals surface area contributed by atoms with Gasteiger partial charge in [0.15, 0.2) is 0 Å². The number of carboxylic acids is 1. The average molecular weight is 311 g/mol. The molecule has 2 aromatic rings. The number of hydrogen-bond acceptors (Lipinski definition) is 5. The summed E-state index contributed by atoms with van der Waals surface area (Å²) in [7, 11) is -3.94. The number of carbonyl (C=O) groups is 1. The van der Waals surface area contributed by atoms with Crippen molar-refractivity contribution in [2.45, 2.75) is 17.9 Å². The molecule has 0 unspecified atom stereocenters. The Balaban J connectivity index is 2.32. The number of aromatic hydroxyl groups is 1. The van der Waals surface area contributed by atoms with Crippen LogP contribution in [0.5, 0.6) is 5.75 Å². The average Bonchev–Trinajstić information content (AvgIpc) is 2.92. The van der Waals surface area contributed by atoms with Crippen molar-refractivity contribution in [1.82, 2.24) is 4.72 Å². The molecule has 0 aliphatic rings. The van der Waals surface area contributed by atoms with Crippen LogP contribution < -0.4 is 4.72 Å². The van der Waals surface area contributed by atoms with Crippen LogP contribution in [0.15, 0.2) is 45.9 Å². The van der Waals surface area contributed by atoms with Crippen molar-refractivity contribution in [2.75, 3.05) is 0 Å². The maximum absolute atomic E-state index is 12.2. The fourth-order valence-corrected chi connectivity index (χ4v) is 2.99. The van der Waals surface area contributed by atoms with Crippen LogP contribution in [0.25, 0.3) is 0 Å². The minimum Gasteiger partial charge on any atom is -0.507 e. The number of furan rings is 1. The van der Waals surface area contributed by atoms with Crippen molar-refractivity contribution in [3.63, 3.8) is 0 Å². The molecule has 3 N–H and O–H groups in total. The third-order valence-electron chi connectivity index (χ3n) is 2.81. The van der Waals surface area contributed by atoms with E-state index in [0.717, 1.165) is 18.2 Å². The lowest BCUT2D eigenvalue weighted by molar-refractivity contribution is 0.0693. The van der Waals surface area contributed by atoms with E-state index in [1.807, 2.05) is 0 Å². The fraction of sp³-hybridized carbons (Fsp3) is 0.154. The summed E-state index contributed by atoms with van der Waals surface area (Å²) in [5.74, 6) is -1.49. The van der Waals surface area contributed by atoms with E-state index >= 15 is 0 Å². The second-order valence-electron chi connectivity index (χ2n) is 4.34. The molecule has 21 heavy (non-hydrogen) atoms. The van der Waals surface area contributed by atoms with Crippen LogP contribution in [0, 0.1) is 0 Å². The largest absolute Gasteiger partial charge is 0.507 e. The lowest BCUT2D eigenvalue weighted by Crippen LogP contribution is -2.26. The number of carboxylic acid groups (broad SMARTS) is 1. The SMILES string of the molecule is C[C@@H](NS(=O)(=O)c1ccc(O)c(C(=O)O)c1)c1ccco1. The van der Waals surface area contributed by atoms with Crippen LogP contribution in [-0.2, 0) is 10.0 Å². The summed E-state index contributed by atoms with van der Waals surface area (Å²) in [5.41, 5.74) is -0.483. The fourth-order valence-electron chi connectivity index (χ4n) is 1.75. The summed E-state index contributed by atoms with van der Waals surface area (Å²) < 4.78 is 31.9. The summed E-state index contributed by atoms with van der Waals surface area (Å²) in [5, 5.41) is 18.3. The van der Waals surface area contributed by atoms with Crippen LogP contribution >= 0.6 is 0 Å². The first-order valence-electron chi connectivity index (χ1n) is 5.93. The van der Waals surface area contributed by atoms with Crippen molar-refractivity contribution in [3.8, 4) is 5.75 Å². The van der Waals surface area contributed by atoms with Gasteiger partial charge in [-0.15, -0.1) is 0 Å². The van der Waals surface area contributed by atoms with Crippen molar-refractivity contribution in [3.05, 3.63) is 47.9 Å². The van der Waals surface area contributed by atoms with Crippen molar-refractivity contribution in [1.29, 1.82) is 0 Å². The van der Waals surface area contributed by atoms with Crippen LogP contribution in [0.3, 0.4) is 0 Å². The summed E-state index contributed by atoms with van der Waals surface area (Å²) in [6, 6.07) is 5.67. The maximum Gasteiger partial charge on any atom is 0.339 e. The Morgan fingerprint density at radius 3 is 2.62 bits per heavy atom. The number of benzene rings is 1. The van der Waals surface area contributed by atoms with Gasteiger partial charge in [0.1, 0.15) is 17.1 Å². The van der Waals surface area contributed by atoms with E-state index in [4.69, 9.17) is 9.52 Å². The zero-order valence-electron chi connectivity index (χ0n) is 11.0. The zero-order chi connectivity index (χ0) is 15.6. The van der Waals surface area contributed by atoms with E-state index in [2.05, 4.69) is 4.72 Å². The molecule has 1 atom stereocenters. The van der Waals surface area contributed by atoms with Gasteiger partial charge in [-0.1, -0.05) is 0 Å². The van der Waals surface area contributed by atoms with Crippen LogP contribution in [-0.4, -0.2) is 24.6 Å². The molecule has 2 rings (SSSR count). The first kappa shape index (κ1) is 15.1. The van der Waals surface area contributed by atoms with E-state index in [-0.39, 0.29) is 4.90 Å². The molecule has 7 nitrogen and oxygen atoms in total. The van der Waals surface area contributed by atoms with Crippen molar-refractivity contribution >= 4 is 16.0 Å². The van der Waals surface area contributed by atoms with Gasteiger partial charge in [0.05, 0.1) is 17.2 Å². The molecule has 112 valence electrons. The van der Waals surface area contributed by atoms with E-state index in [1.165, 1.54) is 6.26 Å². The first-order chi connectivity index (χ1) is 9.81. The summed E-state index contributed by atoms with van der Waals surface area (Å²) in [4.78, 5) is 10.7. The van der Waals surface area contributed by atoms with Crippen LogP contribution in [0.1, 0.15) is 29.1 Å². The molecule has 8 heteroatoms. The second-order valence-corrected chi connectivity index (χ2v) is 6.06.